The van der Waals surface area contributed by atoms with Crippen molar-refractivity contribution in [2.75, 3.05) is 19.6 Å². The number of hydrogen-bond acceptors (Lipinski definition) is 4. The Balaban J connectivity index is 1.67. The number of carboxylic acids is 1. The van der Waals surface area contributed by atoms with E-state index in [-0.39, 0.29) is 13.0 Å². The number of likely N-dealkylation sites (tertiary alicyclic amines) is 1. The molecule has 0 spiro atoms. The zero-order valence-corrected chi connectivity index (χ0v) is 10.8. The number of amides is 2. The lowest BCUT2D eigenvalue weighted by Gasteiger charge is -2.21. The maximum Gasteiger partial charge on any atom is 0.326 e. The minimum absolute atomic E-state index is 0.0864. The molecule has 1 saturated heterocycles. The number of β-amino-alcohol motifs (C(OH)–C–C–N with tert-alkyl or cyclic N) is 1. The third-order valence-corrected chi connectivity index (χ3v) is 3.47. The van der Waals surface area contributed by atoms with Gasteiger partial charge in [0.25, 0.3) is 0 Å². The summed E-state index contributed by atoms with van der Waals surface area (Å²) in [6.07, 6.45) is 2.64. The van der Waals surface area contributed by atoms with Crippen LogP contribution in [0, 0.1) is 0 Å². The van der Waals surface area contributed by atoms with Crippen LogP contribution >= 0.6 is 0 Å². The maximum atomic E-state index is 11.8. The summed E-state index contributed by atoms with van der Waals surface area (Å²) in [6.45, 7) is 1.45. The van der Waals surface area contributed by atoms with Crippen molar-refractivity contribution in [2.45, 2.75) is 43.9 Å². The van der Waals surface area contributed by atoms with Crippen LogP contribution in [0.4, 0.5) is 4.79 Å². The molecule has 7 nitrogen and oxygen atoms in total. The Morgan fingerprint density at radius 3 is 2.63 bits per heavy atom. The third-order valence-electron chi connectivity index (χ3n) is 3.47. The lowest BCUT2D eigenvalue weighted by molar-refractivity contribution is -0.141. The summed E-state index contributed by atoms with van der Waals surface area (Å²) in [5.74, 6) is -1.07. The van der Waals surface area contributed by atoms with Gasteiger partial charge in [0.2, 0.25) is 0 Å². The van der Waals surface area contributed by atoms with Crippen LogP contribution in [-0.4, -0.2) is 64.9 Å². The van der Waals surface area contributed by atoms with E-state index in [1.165, 1.54) is 17.7 Å². The van der Waals surface area contributed by atoms with Gasteiger partial charge in [-0.2, -0.15) is 0 Å². The number of hydrogen-bond donors (Lipinski definition) is 4. The molecule has 0 radical (unpaired) electrons. The number of urea groups is 1. The highest BCUT2D eigenvalue weighted by atomic mass is 16.4. The zero-order chi connectivity index (χ0) is 13.8. The first-order chi connectivity index (χ1) is 9.08. The maximum absolute atomic E-state index is 11.8. The van der Waals surface area contributed by atoms with Crippen LogP contribution in [0.2, 0.25) is 0 Å². The molecule has 0 aromatic carbocycles. The average Bonchev–Trinajstić information content (AvgIpc) is 3.09. The summed E-state index contributed by atoms with van der Waals surface area (Å²) in [5, 5.41) is 24.5. The fourth-order valence-corrected chi connectivity index (χ4v) is 2.25. The number of aliphatic hydroxyl groups is 1. The predicted molar refractivity (Wildman–Crippen MR) is 67.8 cm³/mol. The van der Waals surface area contributed by atoms with E-state index < -0.39 is 24.1 Å². The second-order valence-corrected chi connectivity index (χ2v) is 5.21. The fraction of sp³-hybridized carbons (Fsp3) is 0.833. The van der Waals surface area contributed by atoms with E-state index in [4.69, 9.17) is 5.11 Å². The van der Waals surface area contributed by atoms with Gasteiger partial charge >= 0.3 is 12.0 Å². The van der Waals surface area contributed by atoms with Crippen LogP contribution in [0.15, 0.2) is 0 Å². The van der Waals surface area contributed by atoms with E-state index >= 15 is 0 Å². The topological polar surface area (TPSA) is 102 Å². The summed E-state index contributed by atoms with van der Waals surface area (Å²) in [7, 11) is 0. The first-order valence-electron chi connectivity index (χ1n) is 6.76. The molecule has 2 fully saturated rings. The number of aliphatic hydroxyl groups excluding tert-OH is 1. The van der Waals surface area contributed by atoms with E-state index in [0.29, 0.717) is 12.6 Å². The summed E-state index contributed by atoms with van der Waals surface area (Å²) in [4.78, 5) is 24.0. The highest BCUT2D eigenvalue weighted by molar-refractivity contribution is 5.83. The largest absolute Gasteiger partial charge is 0.480 e. The SMILES string of the molecule is O=C(O)C1CC(O)CN1C(=O)NCCCNC1CC1. The number of aliphatic carboxylic acids is 1. The molecule has 1 heterocycles. The van der Waals surface area contributed by atoms with Crippen molar-refractivity contribution >= 4 is 12.0 Å². The molecule has 0 bridgehead atoms. The molecular formula is C12H21N3O4. The average molecular weight is 271 g/mol. The van der Waals surface area contributed by atoms with Crippen LogP contribution in [0.1, 0.15) is 25.7 Å². The number of rotatable bonds is 6. The molecule has 19 heavy (non-hydrogen) atoms. The van der Waals surface area contributed by atoms with Gasteiger partial charge in [-0.05, 0) is 25.8 Å². The Labute approximate surface area is 112 Å². The Hall–Kier alpha value is -1.34. The Bertz CT molecular complexity index is 346. The first-order valence-corrected chi connectivity index (χ1v) is 6.76. The van der Waals surface area contributed by atoms with Crippen molar-refractivity contribution in [1.82, 2.24) is 15.5 Å². The van der Waals surface area contributed by atoms with E-state index in [1.54, 1.807) is 0 Å². The standard InChI is InChI=1S/C12H21N3O4/c16-9-6-10(11(17)18)15(7-9)12(19)14-5-1-4-13-8-2-3-8/h8-10,13,16H,1-7H2,(H,14,19)(H,17,18). The molecule has 7 heteroatoms. The van der Waals surface area contributed by atoms with Gasteiger partial charge in [-0.1, -0.05) is 0 Å². The van der Waals surface area contributed by atoms with Gasteiger partial charge in [0.1, 0.15) is 6.04 Å². The van der Waals surface area contributed by atoms with Crippen molar-refractivity contribution in [3.05, 3.63) is 0 Å². The summed E-state index contributed by atoms with van der Waals surface area (Å²) in [5.41, 5.74) is 0. The number of nitrogens with one attached hydrogen (secondary N) is 2. The van der Waals surface area contributed by atoms with Crippen LogP contribution in [0.5, 0.6) is 0 Å². The molecule has 0 aromatic rings. The smallest absolute Gasteiger partial charge is 0.326 e. The molecule has 1 saturated carbocycles. The molecule has 2 atom stereocenters. The summed E-state index contributed by atoms with van der Waals surface area (Å²) in [6, 6.07) is -0.671. The molecule has 2 unspecified atom stereocenters. The van der Waals surface area contributed by atoms with E-state index in [2.05, 4.69) is 10.6 Å². The van der Waals surface area contributed by atoms with Gasteiger partial charge in [0.15, 0.2) is 0 Å². The van der Waals surface area contributed by atoms with Crippen LogP contribution in [0.3, 0.4) is 0 Å². The Kier molecular flexibility index (Phi) is 4.60. The van der Waals surface area contributed by atoms with Gasteiger partial charge in [0.05, 0.1) is 6.10 Å². The lowest BCUT2D eigenvalue weighted by atomic mass is 10.2. The quantitative estimate of drug-likeness (QED) is 0.481. The summed E-state index contributed by atoms with van der Waals surface area (Å²) < 4.78 is 0. The van der Waals surface area contributed by atoms with E-state index in [9.17, 15) is 14.7 Å². The van der Waals surface area contributed by atoms with Gasteiger partial charge in [-0.25, -0.2) is 9.59 Å². The van der Waals surface area contributed by atoms with Crippen molar-refractivity contribution in [2.24, 2.45) is 0 Å². The first kappa shape index (κ1) is 14.1. The number of carbonyl (C=O) groups excluding carboxylic acids is 1. The normalized spacial score (nSPS) is 26.5. The minimum atomic E-state index is -1.07. The highest BCUT2D eigenvalue weighted by Gasteiger charge is 2.38. The Morgan fingerprint density at radius 2 is 2.00 bits per heavy atom. The van der Waals surface area contributed by atoms with Gasteiger partial charge in [-0.3, -0.25) is 0 Å². The van der Waals surface area contributed by atoms with E-state index in [0.717, 1.165) is 13.0 Å². The van der Waals surface area contributed by atoms with Gasteiger partial charge < -0.3 is 25.7 Å². The molecule has 1 aliphatic heterocycles. The van der Waals surface area contributed by atoms with Crippen molar-refractivity contribution in [3.8, 4) is 0 Å². The highest BCUT2D eigenvalue weighted by Crippen LogP contribution is 2.18. The van der Waals surface area contributed by atoms with E-state index in [1.807, 2.05) is 0 Å². The minimum Gasteiger partial charge on any atom is -0.480 e. The molecule has 1 aliphatic carbocycles. The lowest BCUT2D eigenvalue weighted by Crippen LogP contribution is -2.46. The molecule has 0 aromatic heterocycles. The second kappa shape index (κ2) is 6.21. The zero-order valence-electron chi connectivity index (χ0n) is 10.8. The predicted octanol–water partition coefficient (Wildman–Crippen LogP) is -0.642. The fourth-order valence-electron chi connectivity index (χ4n) is 2.25. The molecule has 2 rings (SSSR count). The van der Waals surface area contributed by atoms with Crippen LogP contribution in [-0.2, 0) is 4.79 Å². The summed E-state index contributed by atoms with van der Waals surface area (Å²) >= 11 is 0. The van der Waals surface area contributed by atoms with Crippen molar-refractivity contribution in [1.29, 1.82) is 0 Å². The van der Waals surface area contributed by atoms with Crippen molar-refractivity contribution in [3.63, 3.8) is 0 Å². The Morgan fingerprint density at radius 1 is 1.26 bits per heavy atom. The number of nitrogens with zero attached hydrogens (tertiary/aromatic N) is 1. The number of carbonyl (C=O) groups is 2. The third kappa shape index (κ3) is 4.07. The second-order valence-electron chi connectivity index (χ2n) is 5.21. The monoisotopic (exact) mass is 271 g/mol. The molecule has 2 amide bonds. The van der Waals surface area contributed by atoms with Crippen molar-refractivity contribution < 1.29 is 19.8 Å². The molecule has 4 N–H and O–H groups in total. The van der Waals surface area contributed by atoms with Crippen LogP contribution < -0.4 is 10.6 Å². The molecular weight excluding hydrogens is 250 g/mol. The number of carboxylic acid groups (broad SMARTS) is 1. The molecule has 108 valence electrons. The van der Waals surface area contributed by atoms with Gasteiger partial charge in [-0.15, -0.1) is 0 Å². The molecule has 2 aliphatic rings. The van der Waals surface area contributed by atoms with Crippen LogP contribution in [0.25, 0.3) is 0 Å². The van der Waals surface area contributed by atoms with Gasteiger partial charge in [0, 0.05) is 25.6 Å².